The fourth-order valence-corrected chi connectivity index (χ4v) is 6.42. The first-order valence-corrected chi connectivity index (χ1v) is 12.3. The van der Waals surface area contributed by atoms with Crippen LogP contribution >= 0.6 is 0 Å². The number of hydrogen-bond donors (Lipinski definition) is 1. The van der Waals surface area contributed by atoms with Crippen molar-refractivity contribution >= 4 is 28.2 Å². The third-order valence-corrected chi connectivity index (χ3v) is 8.01. The summed E-state index contributed by atoms with van der Waals surface area (Å²) >= 11 is 0. The lowest BCUT2D eigenvalue weighted by Gasteiger charge is -2.40. The van der Waals surface area contributed by atoms with Crippen LogP contribution in [0.5, 0.6) is 0 Å². The molecule has 2 unspecified atom stereocenters. The molecule has 174 valence electrons. The number of nitrogens with one attached hydrogen (secondary N) is 1. The first kappa shape index (κ1) is 21.1. The molecule has 2 fully saturated rings. The van der Waals surface area contributed by atoms with Crippen LogP contribution in [0.3, 0.4) is 0 Å². The molecule has 7 heteroatoms. The van der Waals surface area contributed by atoms with Crippen LogP contribution in [0.25, 0.3) is 10.9 Å². The molecule has 1 saturated heterocycles. The summed E-state index contributed by atoms with van der Waals surface area (Å²) in [5, 5.41) is 15.7. The molecular formula is C27H28N4O3. The normalized spacial score (nSPS) is 24.1. The number of anilines is 1. The number of nitro benzene ring substituents is 1. The highest BCUT2D eigenvalue weighted by Gasteiger charge is 2.61. The van der Waals surface area contributed by atoms with Crippen LogP contribution in [0.2, 0.25) is 0 Å². The van der Waals surface area contributed by atoms with Crippen LogP contribution in [-0.2, 0) is 16.8 Å². The van der Waals surface area contributed by atoms with Crippen LogP contribution in [0.1, 0.15) is 49.8 Å². The maximum Gasteiger partial charge on any atom is 0.269 e. The van der Waals surface area contributed by atoms with E-state index in [0.717, 1.165) is 66.4 Å². The van der Waals surface area contributed by atoms with Crippen molar-refractivity contribution in [2.24, 2.45) is 5.92 Å². The second kappa shape index (κ2) is 8.08. The van der Waals surface area contributed by atoms with E-state index in [0.29, 0.717) is 6.54 Å². The first-order chi connectivity index (χ1) is 16.6. The summed E-state index contributed by atoms with van der Waals surface area (Å²) in [6.45, 7) is 0.717. The van der Waals surface area contributed by atoms with Gasteiger partial charge in [-0.05, 0) is 55.5 Å². The second-order valence-electron chi connectivity index (χ2n) is 9.88. The molecule has 2 atom stereocenters. The van der Waals surface area contributed by atoms with Gasteiger partial charge < -0.3 is 10.2 Å². The van der Waals surface area contributed by atoms with Crippen LogP contribution in [0.15, 0.2) is 54.6 Å². The number of amides is 1. The van der Waals surface area contributed by atoms with Crippen molar-refractivity contribution in [1.82, 2.24) is 10.3 Å². The monoisotopic (exact) mass is 456 g/mol. The van der Waals surface area contributed by atoms with Gasteiger partial charge in [0.1, 0.15) is 0 Å². The number of nitrogens with zero attached hydrogens (tertiary/aromatic N) is 3. The van der Waals surface area contributed by atoms with Crippen molar-refractivity contribution in [3.05, 3.63) is 76.0 Å². The van der Waals surface area contributed by atoms with Crippen molar-refractivity contribution in [2.45, 2.75) is 56.5 Å². The first-order valence-electron chi connectivity index (χ1n) is 12.3. The third kappa shape index (κ3) is 3.17. The number of pyridine rings is 1. The van der Waals surface area contributed by atoms with Gasteiger partial charge in [-0.3, -0.25) is 14.9 Å². The van der Waals surface area contributed by atoms with E-state index in [4.69, 9.17) is 4.98 Å². The van der Waals surface area contributed by atoms with E-state index in [1.54, 1.807) is 12.1 Å². The van der Waals surface area contributed by atoms with Gasteiger partial charge in [0.05, 0.1) is 16.1 Å². The Bertz CT molecular complexity index is 1270. The fourth-order valence-electron chi connectivity index (χ4n) is 6.42. The zero-order valence-corrected chi connectivity index (χ0v) is 19.1. The molecule has 0 radical (unpaired) electrons. The molecule has 1 aromatic heterocycles. The van der Waals surface area contributed by atoms with Crippen LogP contribution in [0, 0.1) is 16.0 Å². The Balaban J connectivity index is 1.48. The predicted molar refractivity (Wildman–Crippen MR) is 131 cm³/mol. The zero-order valence-electron chi connectivity index (χ0n) is 19.1. The summed E-state index contributed by atoms with van der Waals surface area (Å²) in [6.07, 6.45) is 7.24. The SMILES string of the molecule is O=C(NC1CCCCC1)C12c3nc4ccccc4cc3CC1CCN2c1ccc([N+](=O)[O-])cc1. The zero-order chi connectivity index (χ0) is 23.3. The summed E-state index contributed by atoms with van der Waals surface area (Å²) in [5.41, 5.74) is 2.86. The predicted octanol–water partition coefficient (Wildman–Crippen LogP) is 4.87. The Morgan fingerprint density at radius 3 is 2.59 bits per heavy atom. The van der Waals surface area contributed by atoms with E-state index < -0.39 is 5.54 Å². The van der Waals surface area contributed by atoms with Gasteiger partial charge in [0.15, 0.2) is 5.54 Å². The number of carbonyl (C=O) groups excluding carboxylic acids is 1. The molecule has 34 heavy (non-hydrogen) atoms. The summed E-state index contributed by atoms with van der Waals surface area (Å²) in [7, 11) is 0. The van der Waals surface area contributed by atoms with Crippen molar-refractivity contribution in [2.75, 3.05) is 11.4 Å². The minimum absolute atomic E-state index is 0.0294. The van der Waals surface area contributed by atoms with Gasteiger partial charge in [0.2, 0.25) is 0 Å². The van der Waals surface area contributed by atoms with Crippen molar-refractivity contribution in [3.63, 3.8) is 0 Å². The van der Waals surface area contributed by atoms with E-state index in [1.807, 2.05) is 18.2 Å². The number of benzene rings is 2. The minimum Gasteiger partial charge on any atom is -0.352 e. The average molecular weight is 457 g/mol. The molecule has 0 spiro atoms. The number of rotatable bonds is 4. The Morgan fingerprint density at radius 1 is 1.06 bits per heavy atom. The molecule has 0 bridgehead atoms. The summed E-state index contributed by atoms with van der Waals surface area (Å²) in [5.74, 6) is 0.146. The van der Waals surface area contributed by atoms with Gasteiger partial charge in [-0.1, -0.05) is 37.5 Å². The molecule has 6 rings (SSSR count). The number of hydrogen-bond acceptors (Lipinski definition) is 5. The topological polar surface area (TPSA) is 88.4 Å². The molecule has 1 saturated carbocycles. The van der Waals surface area contributed by atoms with Gasteiger partial charge in [0, 0.05) is 41.7 Å². The maximum absolute atomic E-state index is 14.3. The average Bonchev–Trinajstić information content (AvgIpc) is 3.38. The highest BCUT2D eigenvalue weighted by molar-refractivity contribution is 5.95. The van der Waals surface area contributed by atoms with Gasteiger partial charge in [-0.25, -0.2) is 4.98 Å². The van der Waals surface area contributed by atoms with Gasteiger partial charge >= 0.3 is 0 Å². The number of fused-ring (bicyclic) bond motifs is 4. The van der Waals surface area contributed by atoms with E-state index in [-0.39, 0.29) is 28.5 Å². The van der Waals surface area contributed by atoms with Crippen LogP contribution in [0.4, 0.5) is 11.4 Å². The number of carbonyl (C=O) groups is 1. The number of non-ortho nitro benzene ring substituents is 1. The molecular weight excluding hydrogens is 428 g/mol. The summed E-state index contributed by atoms with van der Waals surface area (Å²) in [4.78, 5) is 32.4. The quantitative estimate of drug-likeness (QED) is 0.447. The third-order valence-electron chi connectivity index (χ3n) is 8.01. The Labute approximate surface area is 198 Å². The van der Waals surface area contributed by atoms with Crippen molar-refractivity contribution in [1.29, 1.82) is 0 Å². The fraction of sp³-hybridized carbons (Fsp3) is 0.407. The van der Waals surface area contributed by atoms with E-state index in [2.05, 4.69) is 22.3 Å². The van der Waals surface area contributed by atoms with Crippen molar-refractivity contribution in [3.8, 4) is 0 Å². The molecule has 2 aliphatic carbocycles. The van der Waals surface area contributed by atoms with Gasteiger partial charge in [-0.15, -0.1) is 0 Å². The summed E-state index contributed by atoms with van der Waals surface area (Å²) in [6, 6.07) is 17.1. The molecule has 1 amide bonds. The van der Waals surface area contributed by atoms with Crippen LogP contribution < -0.4 is 10.2 Å². The second-order valence-corrected chi connectivity index (χ2v) is 9.88. The molecule has 1 N–H and O–H groups in total. The number of aromatic nitrogens is 1. The minimum atomic E-state index is -0.896. The lowest BCUT2D eigenvalue weighted by molar-refractivity contribution is -0.384. The highest BCUT2D eigenvalue weighted by Crippen LogP contribution is 2.53. The Hall–Kier alpha value is -3.48. The molecule has 3 aliphatic rings. The summed E-state index contributed by atoms with van der Waals surface area (Å²) < 4.78 is 0. The highest BCUT2D eigenvalue weighted by atomic mass is 16.6. The van der Waals surface area contributed by atoms with E-state index in [9.17, 15) is 14.9 Å². The van der Waals surface area contributed by atoms with E-state index >= 15 is 0 Å². The molecule has 2 aromatic carbocycles. The number of nitro groups is 1. The Kier molecular flexibility index (Phi) is 5.01. The van der Waals surface area contributed by atoms with Gasteiger partial charge in [0.25, 0.3) is 11.6 Å². The smallest absolute Gasteiger partial charge is 0.269 e. The number of para-hydroxylation sites is 1. The van der Waals surface area contributed by atoms with Crippen molar-refractivity contribution < 1.29 is 9.72 Å². The van der Waals surface area contributed by atoms with Gasteiger partial charge in [-0.2, -0.15) is 0 Å². The molecule has 3 aromatic rings. The lowest BCUT2D eigenvalue weighted by Crippen LogP contribution is -2.57. The maximum atomic E-state index is 14.3. The Morgan fingerprint density at radius 2 is 1.82 bits per heavy atom. The van der Waals surface area contributed by atoms with E-state index in [1.165, 1.54) is 18.6 Å². The largest absolute Gasteiger partial charge is 0.352 e. The molecule has 7 nitrogen and oxygen atoms in total. The van der Waals surface area contributed by atoms with Crippen LogP contribution in [-0.4, -0.2) is 28.4 Å². The molecule has 1 aliphatic heterocycles. The lowest BCUT2D eigenvalue weighted by atomic mass is 9.84. The molecule has 2 heterocycles. The standard InChI is InChI=1S/C27H28N4O3/c32-26(28-21-7-2-1-3-8-21)27-20(14-15-30(27)22-10-12-23(13-11-22)31(33)34)17-19-16-18-6-4-5-9-24(18)29-25(19)27/h4-6,9-13,16,20-21H,1-3,7-8,14-15,17H2,(H,28,32).